The number of thioether (sulfide) groups is 2. The van der Waals surface area contributed by atoms with Crippen molar-refractivity contribution in [2.75, 3.05) is 20.1 Å². The molecule has 3 heterocycles. The zero-order chi connectivity index (χ0) is 18.3. The fourth-order valence-corrected chi connectivity index (χ4v) is 6.24. The summed E-state index contributed by atoms with van der Waals surface area (Å²) >= 11 is 9.82. The summed E-state index contributed by atoms with van der Waals surface area (Å²) in [5, 5.41) is 13.5. The number of non-ortho nitro benzene ring substituents is 1. The molecule has 0 bridgehead atoms. The molecule has 0 radical (unpaired) electrons. The lowest BCUT2D eigenvalue weighted by molar-refractivity contribution is -0.384. The second kappa shape index (κ2) is 7.34. The fraction of sp³-hybridized carbons (Fsp3) is 0.412. The largest absolute Gasteiger partial charge is 0.305 e. The molecule has 1 saturated heterocycles. The lowest BCUT2D eigenvalue weighted by Crippen LogP contribution is -2.36. The van der Waals surface area contributed by atoms with Gasteiger partial charge in [0.15, 0.2) is 5.16 Å². The molecule has 0 N–H and O–H groups in total. The molecular weight excluding hydrogens is 392 g/mol. The first-order chi connectivity index (χ1) is 12.5. The number of nitro benzene ring substituents is 1. The molecule has 1 fully saturated rings. The van der Waals surface area contributed by atoms with Crippen molar-refractivity contribution >= 4 is 40.8 Å². The van der Waals surface area contributed by atoms with E-state index >= 15 is 0 Å². The summed E-state index contributed by atoms with van der Waals surface area (Å²) in [6.45, 7) is 2.13. The summed E-state index contributed by atoms with van der Waals surface area (Å²) in [4.78, 5) is 21.9. The molecule has 0 aliphatic carbocycles. The quantitative estimate of drug-likeness (QED) is 0.246. The van der Waals surface area contributed by atoms with E-state index in [1.54, 1.807) is 12.1 Å². The minimum atomic E-state index is -0.394. The van der Waals surface area contributed by atoms with Gasteiger partial charge in [0.05, 0.1) is 4.92 Å². The van der Waals surface area contributed by atoms with Crippen molar-refractivity contribution in [2.24, 2.45) is 0 Å². The molecule has 0 spiro atoms. The van der Waals surface area contributed by atoms with E-state index in [-0.39, 0.29) is 5.69 Å². The average Bonchev–Trinajstić information content (AvgIpc) is 2.98. The summed E-state index contributed by atoms with van der Waals surface area (Å²) in [6.07, 6.45) is 1.10. The van der Waals surface area contributed by atoms with Crippen LogP contribution >= 0.6 is 35.1 Å². The van der Waals surface area contributed by atoms with Crippen LogP contribution in [0.4, 0.5) is 5.69 Å². The van der Waals surface area contributed by atoms with Crippen LogP contribution < -0.4 is 0 Å². The maximum atomic E-state index is 10.7. The van der Waals surface area contributed by atoms with Crippen LogP contribution in [0, 0.1) is 10.1 Å². The molecule has 0 amide bonds. The van der Waals surface area contributed by atoms with Crippen LogP contribution in [0.2, 0.25) is 5.15 Å². The Morgan fingerprint density at radius 1 is 1.38 bits per heavy atom. The Morgan fingerprint density at radius 2 is 2.15 bits per heavy atom. The second-order valence-electron chi connectivity index (χ2n) is 6.54. The van der Waals surface area contributed by atoms with Crippen LogP contribution in [0.3, 0.4) is 0 Å². The van der Waals surface area contributed by atoms with Crippen molar-refractivity contribution in [2.45, 2.75) is 33.5 Å². The number of nitrogens with zero attached hydrogens (tertiary/aromatic N) is 4. The fourth-order valence-electron chi connectivity index (χ4n) is 3.40. The molecule has 4 rings (SSSR count). The van der Waals surface area contributed by atoms with E-state index in [1.807, 2.05) is 11.8 Å². The highest BCUT2D eigenvalue weighted by molar-refractivity contribution is 8.00. The van der Waals surface area contributed by atoms with Gasteiger partial charge in [0.1, 0.15) is 10.2 Å². The lowest BCUT2D eigenvalue weighted by atomic mass is 9.91. The highest BCUT2D eigenvalue weighted by Gasteiger charge is 2.40. The second-order valence-corrected chi connectivity index (χ2v) is 9.07. The Labute approximate surface area is 164 Å². The topological polar surface area (TPSA) is 72.2 Å². The van der Waals surface area contributed by atoms with Gasteiger partial charge in [-0.1, -0.05) is 35.5 Å². The molecule has 1 aromatic carbocycles. The first-order valence-corrected chi connectivity index (χ1v) is 10.5. The van der Waals surface area contributed by atoms with Crippen LogP contribution in [0.15, 0.2) is 34.4 Å². The van der Waals surface area contributed by atoms with Crippen molar-refractivity contribution < 1.29 is 4.92 Å². The minimum absolute atomic E-state index is 0.0968. The van der Waals surface area contributed by atoms with E-state index in [2.05, 4.69) is 16.9 Å². The number of rotatable bonds is 4. The van der Waals surface area contributed by atoms with Crippen LogP contribution in [0.25, 0.3) is 0 Å². The van der Waals surface area contributed by atoms with Crippen LogP contribution in [-0.2, 0) is 5.75 Å². The molecule has 136 valence electrons. The monoisotopic (exact) mass is 408 g/mol. The molecule has 2 aliphatic rings. The molecule has 2 unspecified atom stereocenters. The van der Waals surface area contributed by atoms with E-state index in [1.165, 1.54) is 23.9 Å². The Morgan fingerprint density at radius 3 is 2.88 bits per heavy atom. The predicted molar refractivity (Wildman–Crippen MR) is 104 cm³/mol. The molecule has 9 heteroatoms. The van der Waals surface area contributed by atoms with Gasteiger partial charge in [0, 0.05) is 41.2 Å². The molecule has 2 atom stereocenters. The molecule has 6 nitrogen and oxygen atoms in total. The van der Waals surface area contributed by atoms with Crippen LogP contribution in [0.5, 0.6) is 0 Å². The van der Waals surface area contributed by atoms with E-state index in [0.717, 1.165) is 35.7 Å². The van der Waals surface area contributed by atoms with Gasteiger partial charge in [-0.25, -0.2) is 9.97 Å². The molecule has 0 saturated carbocycles. The Hall–Kier alpha value is -1.35. The number of benzene rings is 1. The Kier molecular flexibility index (Phi) is 5.09. The smallest absolute Gasteiger partial charge is 0.269 e. The summed E-state index contributed by atoms with van der Waals surface area (Å²) in [6, 6.07) is 6.56. The van der Waals surface area contributed by atoms with Gasteiger partial charge in [0.2, 0.25) is 0 Å². The summed E-state index contributed by atoms with van der Waals surface area (Å²) in [7, 11) is 2.15. The zero-order valence-electron chi connectivity index (χ0n) is 14.1. The number of halogens is 1. The number of hydrogen-bond acceptors (Lipinski definition) is 7. The number of fused-ring (bicyclic) bond motifs is 3. The van der Waals surface area contributed by atoms with Gasteiger partial charge in [-0.3, -0.25) is 10.1 Å². The van der Waals surface area contributed by atoms with Gasteiger partial charge in [-0.15, -0.1) is 11.8 Å². The van der Waals surface area contributed by atoms with Gasteiger partial charge >= 0.3 is 0 Å². The van der Waals surface area contributed by atoms with E-state index < -0.39 is 4.92 Å². The predicted octanol–water partition coefficient (Wildman–Crippen LogP) is 4.22. The standard InChI is InChI=1S/C17H17ClN4O2S2/c1-21-7-6-12-13(8-21)26-16-14(12)15(18)19-17(20-16)25-9-10-2-4-11(5-3-10)22(23)24/h2-5,12-13H,6-9H2,1H3. The SMILES string of the molecule is CN1CCC2c3c(Cl)nc(SCc4ccc([N+](=O)[O-])cc4)nc3SC2C1. The Bertz CT molecular complexity index is 849. The highest BCUT2D eigenvalue weighted by atomic mass is 35.5. The molecule has 26 heavy (non-hydrogen) atoms. The van der Waals surface area contributed by atoms with Gasteiger partial charge in [0.25, 0.3) is 5.69 Å². The van der Waals surface area contributed by atoms with Crippen molar-refractivity contribution in [3.63, 3.8) is 0 Å². The number of likely N-dealkylation sites (tertiary alicyclic amines) is 1. The van der Waals surface area contributed by atoms with Crippen LogP contribution in [0.1, 0.15) is 23.5 Å². The minimum Gasteiger partial charge on any atom is -0.305 e. The summed E-state index contributed by atoms with van der Waals surface area (Å²) in [5.41, 5.74) is 2.21. The highest BCUT2D eigenvalue weighted by Crippen LogP contribution is 2.50. The van der Waals surface area contributed by atoms with Crippen molar-refractivity contribution in [1.82, 2.24) is 14.9 Å². The normalized spacial score (nSPS) is 22.1. The number of hydrogen-bond donors (Lipinski definition) is 0. The maximum absolute atomic E-state index is 10.7. The number of nitro groups is 1. The van der Waals surface area contributed by atoms with Crippen LogP contribution in [-0.4, -0.2) is 45.2 Å². The first-order valence-electron chi connectivity index (χ1n) is 8.30. The molecular formula is C17H17ClN4O2S2. The van der Waals surface area contributed by atoms with Gasteiger partial charge < -0.3 is 4.90 Å². The third-order valence-corrected chi connectivity index (χ3v) is 7.28. The third kappa shape index (κ3) is 3.55. The van der Waals surface area contributed by atoms with E-state index in [4.69, 9.17) is 16.6 Å². The van der Waals surface area contributed by atoms with E-state index in [9.17, 15) is 10.1 Å². The number of piperidine rings is 1. The van der Waals surface area contributed by atoms with Crippen molar-refractivity contribution in [1.29, 1.82) is 0 Å². The average molecular weight is 409 g/mol. The summed E-state index contributed by atoms with van der Waals surface area (Å²) < 4.78 is 0. The maximum Gasteiger partial charge on any atom is 0.269 e. The molecule has 2 aliphatic heterocycles. The lowest BCUT2D eigenvalue weighted by Gasteiger charge is -2.31. The Balaban J connectivity index is 1.48. The van der Waals surface area contributed by atoms with E-state index in [0.29, 0.717) is 27.2 Å². The zero-order valence-corrected chi connectivity index (χ0v) is 16.5. The van der Waals surface area contributed by atoms with Crippen molar-refractivity contribution in [3.05, 3.63) is 50.7 Å². The molecule has 1 aromatic heterocycles. The first kappa shape index (κ1) is 18.0. The molecule has 2 aromatic rings. The third-order valence-electron chi connectivity index (χ3n) is 4.75. The summed E-state index contributed by atoms with van der Waals surface area (Å²) in [5.74, 6) is 1.10. The van der Waals surface area contributed by atoms with Crippen molar-refractivity contribution in [3.8, 4) is 0 Å². The van der Waals surface area contributed by atoms with Gasteiger partial charge in [-0.05, 0) is 25.6 Å². The van der Waals surface area contributed by atoms with Gasteiger partial charge in [-0.2, -0.15) is 0 Å². The number of aromatic nitrogens is 2.